The smallest absolute Gasteiger partial charge is 0.244 e. The Morgan fingerprint density at radius 1 is 1.12 bits per heavy atom. The molecule has 7 nitrogen and oxygen atoms in total. The molecule has 0 unspecified atom stereocenters. The summed E-state index contributed by atoms with van der Waals surface area (Å²) in [5, 5.41) is 3.31. The molecule has 0 bridgehead atoms. The second-order valence-corrected chi connectivity index (χ2v) is 11.7. The summed E-state index contributed by atoms with van der Waals surface area (Å²) in [6.45, 7) is 5.01. The van der Waals surface area contributed by atoms with Crippen molar-refractivity contribution < 1.29 is 18.0 Å². The minimum Gasteiger partial charge on any atom is -0.352 e. The van der Waals surface area contributed by atoms with Gasteiger partial charge in [0.15, 0.2) is 0 Å². The van der Waals surface area contributed by atoms with E-state index in [1.165, 1.54) is 23.1 Å². The van der Waals surface area contributed by atoms with Crippen LogP contribution in [0.1, 0.15) is 32.8 Å². The molecule has 2 aromatic carbocycles. The molecule has 186 valence electrons. The molecule has 0 aliphatic carbocycles. The molecule has 0 saturated carbocycles. The second kappa shape index (κ2) is 12.2. The van der Waals surface area contributed by atoms with Crippen LogP contribution in [0.25, 0.3) is 0 Å². The Hall–Kier alpha value is -1.81. The monoisotopic (exact) mass is 591 g/mol. The number of sulfonamides is 1. The van der Waals surface area contributed by atoms with Crippen LogP contribution in [-0.2, 0) is 26.2 Å². The highest BCUT2D eigenvalue weighted by Gasteiger charge is 2.31. The molecule has 0 heterocycles. The highest BCUT2D eigenvalue weighted by molar-refractivity contribution is 9.10. The average molecular weight is 593 g/mol. The lowest BCUT2D eigenvalue weighted by molar-refractivity contribution is -0.139. The van der Waals surface area contributed by atoms with Gasteiger partial charge >= 0.3 is 0 Å². The van der Waals surface area contributed by atoms with Gasteiger partial charge in [-0.3, -0.25) is 13.9 Å². The lowest BCUT2D eigenvalue weighted by Crippen LogP contribution is -2.52. The van der Waals surface area contributed by atoms with Gasteiger partial charge in [-0.05, 0) is 56.2 Å². The van der Waals surface area contributed by atoms with E-state index in [0.717, 1.165) is 27.0 Å². The number of amides is 2. The van der Waals surface area contributed by atoms with Crippen molar-refractivity contribution in [1.29, 1.82) is 0 Å². The lowest BCUT2D eigenvalue weighted by atomic mass is 10.1. The number of carbonyl (C=O) groups excluding carboxylic acids is 2. The molecular weight excluding hydrogens is 565 g/mol. The summed E-state index contributed by atoms with van der Waals surface area (Å²) in [6.07, 6.45) is 1.72. The van der Waals surface area contributed by atoms with Gasteiger partial charge in [-0.25, -0.2) is 8.42 Å². The van der Waals surface area contributed by atoms with Crippen molar-refractivity contribution in [3.05, 3.63) is 62.5 Å². The van der Waals surface area contributed by atoms with Gasteiger partial charge in [0.05, 0.1) is 17.0 Å². The van der Waals surface area contributed by atoms with Crippen molar-refractivity contribution >= 4 is 66.7 Å². The van der Waals surface area contributed by atoms with Gasteiger partial charge in [-0.1, -0.05) is 58.2 Å². The molecule has 34 heavy (non-hydrogen) atoms. The third-order valence-corrected chi connectivity index (χ3v) is 7.43. The molecule has 0 saturated heterocycles. The lowest BCUT2D eigenvalue weighted by Gasteiger charge is -2.32. The SMILES string of the molecule is CC[C@@H](C)NC(=O)[C@H](C)N(Cc1cccc(Br)c1)C(=O)CN(c1ccc(Cl)cc1Cl)S(C)(=O)=O. The van der Waals surface area contributed by atoms with Crippen molar-refractivity contribution in [3.8, 4) is 0 Å². The first-order valence-electron chi connectivity index (χ1n) is 10.6. The molecule has 11 heteroatoms. The number of anilines is 1. The Balaban J connectivity index is 2.42. The van der Waals surface area contributed by atoms with E-state index < -0.39 is 28.5 Å². The molecule has 0 aliphatic rings. The van der Waals surface area contributed by atoms with Crippen LogP contribution in [0.15, 0.2) is 46.9 Å². The third-order valence-electron chi connectivity index (χ3n) is 5.27. The summed E-state index contributed by atoms with van der Waals surface area (Å²) < 4.78 is 26.9. The zero-order valence-electron chi connectivity index (χ0n) is 19.4. The van der Waals surface area contributed by atoms with E-state index in [2.05, 4.69) is 21.2 Å². The van der Waals surface area contributed by atoms with E-state index >= 15 is 0 Å². The Kier molecular flexibility index (Phi) is 10.2. The summed E-state index contributed by atoms with van der Waals surface area (Å²) in [5.74, 6) is -0.878. The predicted molar refractivity (Wildman–Crippen MR) is 141 cm³/mol. The van der Waals surface area contributed by atoms with Crippen LogP contribution in [0.2, 0.25) is 10.0 Å². The van der Waals surface area contributed by atoms with Crippen molar-refractivity contribution in [2.24, 2.45) is 0 Å². The van der Waals surface area contributed by atoms with Crippen molar-refractivity contribution in [3.63, 3.8) is 0 Å². The number of halogens is 3. The van der Waals surface area contributed by atoms with E-state index in [4.69, 9.17) is 23.2 Å². The Morgan fingerprint density at radius 2 is 1.79 bits per heavy atom. The van der Waals surface area contributed by atoms with Crippen molar-refractivity contribution in [1.82, 2.24) is 10.2 Å². The van der Waals surface area contributed by atoms with E-state index in [1.54, 1.807) is 6.92 Å². The molecular formula is C23H28BrCl2N3O4S. The summed E-state index contributed by atoms with van der Waals surface area (Å²) in [5.41, 5.74) is 0.905. The van der Waals surface area contributed by atoms with Crippen LogP contribution >= 0.6 is 39.1 Å². The molecule has 2 atom stereocenters. The summed E-state index contributed by atoms with van der Waals surface area (Å²) in [4.78, 5) is 27.7. The maximum absolute atomic E-state index is 13.5. The first-order chi connectivity index (χ1) is 15.8. The molecule has 0 aromatic heterocycles. The molecule has 2 amide bonds. The van der Waals surface area contributed by atoms with Crippen LogP contribution in [0.3, 0.4) is 0 Å². The average Bonchev–Trinajstić information content (AvgIpc) is 2.74. The Morgan fingerprint density at radius 3 is 2.35 bits per heavy atom. The minimum absolute atomic E-state index is 0.0711. The quantitative estimate of drug-likeness (QED) is 0.427. The summed E-state index contributed by atoms with van der Waals surface area (Å²) in [7, 11) is -3.88. The van der Waals surface area contributed by atoms with Gasteiger partial charge in [0, 0.05) is 22.1 Å². The van der Waals surface area contributed by atoms with E-state index in [0.29, 0.717) is 5.02 Å². The van der Waals surface area contributed by atoms with Gasteiger partial charge in [0.25, 0.3) is 0 Å². The highest BCUT2D eigenvalue weighted by Crippen LogP contribution is 2.30. The maximum Gasteiger partial charge on any atom is 0.244 e. The van der Waals surface area contributed by atoms with E-state index in [-0.39, 0.29) is 29.2 Å². The van der Waals surface area contributed by atoms with Gasteiger partial charge in [-0.2, -0.15) is 0 Å². The fourth-order valence-corrected chi connectivity index (χ4v) is 5.03. The first kappa shape index (κ1) is 28.4. The van der Waals surface area contributed by atoms with Gasteiger partial charge < -0.3 is 10.2 Å². The fourth-order valence-electron chi connectivity index (χ4n) is 3.16. The Labute approximate surface area is 219 Å². The topological polar surface area (TPSA) is 86.8 Å². The van der Waals surface area contributed by atoms with E-state index in [9.17, 15) is 18.0 Å². The summed E-state index contributed by atoms with van der Waals surface area (Å²) >= 11 is 15.6. The number of hydrogen-bond donors (Lipinski definition) is 1. The van der Waals surface area contributed by atoms with E-state index in [1.807, 2.05) is 38.1 Å². The number of rotatable bonds is 10. The zero-order chi connectivity index (χ0) is 25.6. The predicted octanol–water partition coefficient (Wildman–Crippen LogP) is 4.85. The number of nitrogens with one attached hydrogen (secondary N) is 1. The normalized spacial score (nSPS) is 13.1. The molecule has 0 aliphatic heterocycles. The van der Waals surface area contributed by atoms with Crippen molar-refractivity contribution in [2.75, 3.05) is 17.1 Å². The zero-order valence-corrected chi connectivity index (χ0v) is 23.3. The first-order valence-corrected chi connectivity index (χ1v) is 14.0. The molecule has 2 aromatic rings. The maximum atomic E-state index is 13.5. The van der Waals surface area contributed by atoms with Crippen LogP contribution in [-0.4, -0.2) is 50.0 Å². The molecule has 1 N–H and O–H groups in total. The van der Waals surface area contributed by atoms with Crippen LogP contribution in [0.4, 0.5) is 5.69 Å². The van der Waals surface area contributed by atoms with Gasteiger partial charge in [0.1, 0.15) is 12.6 Å². The van der Waals surface area contributed by atoms with Crippen LogP contribution < -0.4 is 9.62 Å². The second-order valence-electron chi connectivity index (χ2n) is 8.01. The van der Waals surface area contributed by atoms with Crippen LogP contribution in [0, 0.1) is 0 Å². The molecule has 0 spiro atoms. The number of nitrogens with zero attached hydrogens (tertiary/aromatic N) is 2. The minimum atomic E-state index is -3.88. The molecule has 0 fully saturated rings. The third kappa shape index (κ3) is 7.86. The number of carbonyl (C=O) groups is 2. The number of benzene rings is 2. The molecule has 0 radical (unpaired) electrons. The van der Waals surface area contributed by atoms with Gasteiger partial charge in [0.2, 0.25) is 21.8 Å². The molecule has 2 rings (SSSR count). The standard InChI is InChI=1S/C23H28BrCl2N3O4S/c1-5-15(2)27-23(31)16(3)28(13-17-7-6-8-18(24)11-17)22(30)14-29(34(4,32)33)21-10-9-19(25)12-20(21)26/h6-12,15-16H,5,13-14H2,1-4H3,(H,27,31)/t15-,16+/m1/s1. The van der Waals surface area contributed by atoms with Crippen molar-refractivity contribution in [2.45, 2.75) is 45.8 Å². The van der Waals surface area contributed by atoms with Gasteiger partial charge in [-0.15, -0.1) is 0 Å². The number of hydrogen-bond acceptors (Lipinski definition) is 4. The fraction of sp³-hybridized carbons (Fsp3) is 0.391. The Bertz CT molecular complexity index is 1150. The highest BCUT2D eigenvalue weighted by atomic mass is 79.9. The van der Waals surface area contributed by atoms with Crippen LogP contribution in [0.5, 0.6) is 0 Å². The largest absolute Gasteiger partial charge is 0.352 e. The summed E-state index contributed by atoms with van der Waals surface area (Å²) in [6, 6.07) is 10.8.